The molecule has 10 aromatic rings. The quantitative estimate of drug-likeness (QED) is 0.101. The predicted molar refractivity (Wildman–Crippen MR) is 257 cm³/mol. The van der Waals surface area contributed by atoms with Crippen LogP contribution in [0.4, 0.5) is 0 Å². The molecule has 0 bridgehead atoms. The third-order valence-electron chi connectivity index (χ3n) is 11.5. The highest BCUT2D eigenvalue weighted by Crippen LogP contribution is 2.45. The third-order valence-corrected chi connectivity index (χ3v) is 11.5. The Balaban J connectivity index is 1.12. The Bertz CT molecular complexity index is 3020. The van der Waals surface area contributed by atoms with Crippen molar-refractivity contribution in [1.29, 1.82) is 0 Å². The first kappa shape index (κ1) is 36.5. The normalized spacial score (nSPS) is 11.0. The summed E-state index contributed by atoms with van der Waals surface area (Å²) in [7, 11) is 0. The molecular weight excluding hydrogens is 721 g/mol. The molecule has 0 amide bonds. The minimum atomic E-state index is 1.16. The van der Waals surface area contributed by atoms with Crippen molar-refractivity contribution in [2.75, 3.05) is 0 Å². The Kier molecular flexibility index (Phi) is 10.1. The lowest BCUT2D eigenvalue weighted by molar-refractivity contribution is 1.55. The molecule has 0 saturated carbocycles. The molecule has 0 N–H and O–H groups in total. The Hall–Kier alpha value is -7.80. The molecule has 0 radical (unpaired) electrons. The molecule has 0 saturated heterocycles. The largest absolute Gasteiger partial charge is 0.0622 e. The molecule has 0 nitrogen and oxygen atoms in total. The first-order chi connectivity index (χ1) is 29.8. The van der Waals surface area contributed by atoms with Crippen molar-refractivity contribution in [1.82, 2.24) is 0 Å². The predicted octanol–water partition coefficient (Wildman–Crippen LogP) is 16.2. The first-order valence-corrected chi connectivity index (χ1v) is 20.7. The van der Waals surface area contributed by atoms with Gasteiger partial charge in [0.05, 0.1) is 0 Å². The monoisotopic (exact) mass is 762 g/mol. The van der Waals surface area contributed by atoms with Gasteiger partial charge in [-0.25, -0.2) is 0 Å². The summed E-state index contributed by atoms with van der Waals surface area (Å²) >= 11 is 0. The van der Waals surface area contributed by atoms with Gasteiger partial charge >= 0.3 is 0 Å². The maximum atomic E-state index is 2.40. The van der Waals surface area contributed by atoms with Gasteiger partial charge in [-0.2, -0.15) is 0 Å². The third kappa shape index (κ3) is 7.39. The number of hydrogen-bond acceptors (Lipinski definition) is 0. The van der Waals surface area contributed by atoms with Crippen LogP contribution < -0.4 is 0 Å². The average molecular weight is 763 g/mol. The van der Waals surface area contributed by atoms with Crippen molar-refractivity contribution < 1.29 is 0 Å². The van der Waals surface area contributed by atoms with Gasteiger partial charge < -0.3 is 0 Å². The lowest BCUT2D eigenvalue weighted by atomic mass is 9.84. The van der Waals surface area contributed by atoms with E-state index in [0.29, 0.717) is 0 Å². The van der Waals surface area contributed by atoms with Crippen LogP contribution >= 0.6 is 0 Å². The maximum absolute atomic E-state index is 2.40. The molecule has 0 atom stereocenters. The summed E-state index contributed by atoms with van der Waals surface area (Å²) in [4.78, 5) is 0. The van der Waals surface area contributed by atoms with Crippen molar-refractivity contribution >= 4 is 44.8 Å². The summed E-state index contributed by atoms with van der Waals surface area (Å²) in [5, 5.41) is 4.95. The zero-order valence-corrected chi connectivity index (χ0v) is 33.2. The molecule has 0 aliphatic carbocycles. The Labute approximate surface area is 352 Å². The topological polar surface area (TPSA) is 0 Å². The molecule has 0 aliphatic heterocycles. The first-order valence-electron chi connectivity index (χ1n) is 20.7. The lowest BCUT2D eigenvalue weighted by Crippen LogP contribution is -1.92. The standard InChI is InChI=1S/C60H42/c1-6-18-45(19-7-1)52-38-39-55-58(42-52)60(51-36-32-44(33-37-51)41-57(48-24-12-4-13-25-48)49-26-14-5-15-27-49)54-29-17-16-28-53(54)59(55)50-34-30-43(31-35-50)40-56(46-20-8-2-9-21-46)47-22-10-3-11-23-47/h1-42H. The zero-order chi connectivity index (χ0) is 40.1. The highest BCUT2D eigenvalue weighted by Gasteiger charge is 2.18. The van der Waals surface area contributed by atoms with Crippen LogP contribution in [0.2, 0.25) is 0 Å². The summed E-state index contributed by atoms with van der Waals surface area (Å²) in [5.41, 5.74) is 16.8. The van der Waals surface area contributed by atoms with E-state index in [-0.39, 0.29) is 0 Å². The maximum Gasteiger partial charge on any atom is -0.00261 e. The molecule has 0 aromatic heterocycles. The van der Waals surface area contributed by atoms with Crippen LogP contribution in [0.25, 0.3) is 78.2 Å². The van der Waals surface area contributed by atoms with Gasteiger partial charge in [0.25, 0.3) is 0 Å². The fourth-order valence-corrected chi connectivity index (χ4v) is 8.57. The van der Waals surface area contributed by atoms with Gasteiger partial charge in [-0.1, -0.05) is 237 Å². The van der Waals surface area contributed by atoms with E-state index >= 15 is 0 Å². The Morgan fingerprint density at radius 3 is 0.950 bits per heavy atom. The minimum absolute atomic E-state index is 1.16. The smallest absolute Gasteiger partial charge is 0.00261 e. The van der Waals surface area contributed by atoms with Crippen LogP contribution in [0, 0.1) is 0 Å². The van der Waals surface area contributed by atoms with Gasteiger partial charge in [0.1, 0.15) is 0 Å². The van der Waals surface area contributed by atoms with Crippen molar-refractivity contribution in [3.63, 3.8) is 0 Å². The Morgan fingerprint density at radius 1 is 0.233 bits per heavy atom. The van der Waals surface area contributed by atoms with Crippen molar-refractivity contribution in [3.05, 3.63) is 276 Å². The fourth-order valence-electron chi connectivity index (χ4n) is 8.57. The SMILES string of the molecule is C(=C(c1ccccc1)c1ccccc1)c1ccc(-c2c3ccccc3c(-c3ccc(C=C(c4ccccc4)c4ccccc4)cc3)c3cc(-c4ccccc4)ccc23)cc1. The summed E-state index contributed by atoms with van der Waals surface area (Å²) < 4.78 is 0. The summed E-state index contributed by atoms with van der Waals surface area (Å²) in [5.74, 6) is 0. The summed E-state index contributed by atoms with van der Waals surface area (Å²) in [6.07, 6.45) is 4.62. The minimum Gasteiger partial charge on any atom is -0.0622 e. The molecule has 0 heterocycles. The molecule has 282 valence electrons. The molecular formula is C60H42. The van der Waals surface area contributed by atoms with Crippen LogP contribution in [-0.2, 0) is 0 Å². The van der Waals surface area contributed by atoms with Gasteiger partial charge in [0.15, 0.2) is 0 Å². The van der Waals surface area contributed by atoms with Crippen molar-refractivity contribution in [3.8, 4) is 33.4 Å². The van der Waals surface area contributed by atoms with Crippen LogP contribution in [0.15, 0.2) is 243 Å². The molecule has 0 unspecified atom stereocenters. The molecule has 60 heavy (non-hydrogen) atoms. The highest BCUT2D eigenvalue weighted by molar-refractivity contribution is 6.22. The summed E-state index contributed by atoms with van der Waals surface area (Å²) in [6, 6.07) is 87.6. The van der Waals surface area contributed by atoms with E-state index in [2.05, 4.69) is 255 Å². The number of fused-ring (bicyclic) bond motifs is 2. The van der Waals surface area contributed by atoms with Gasteiger partial charge in [-0.05, 0) is 118 Å². The van der Waals surface area contributed by atoms with Gasteiger partial charge in [-0.3, -0.25) is 0 Å². The molecule has 0 aliphatic rings. The van der Waals surface area contributed by atoms with E-state index in [4.69, 9.17) is 0 Å². The van der Waals surface area contributed by atoms with Crippen LogP contribution in [0.5, 0.6) is 0 Å². The van der Waals surface area contributed by atoms with Crippen LogP contribution in [0.1, 0.15) is 33.4 Å². The lowest BCUT2D eigenvalue weighted by Gasteiger charge is -2.19. The second-order valence-corrected chi connectivity index (χ2v) is 15.2. The molecule has 0 spiro atoms. The summed E-state index contributed by atoms with van der Waals surface area (Å²) in [6.45, 7) is 0. The van der Waals surface area contributed by atoms with Gasteiger partial charge in [0, 0.05) is 0 Å². The average Bonchev–Trinajstić information content (AvgIpc) is 3.33. The van der Waals surface area contributed by atoms with Crippen LogP contribution in [0.3, 0.4) is 0 Å². The van der Waals surface area contributed by atoms with E-state index in [0.717, 1.165) is 11.1 Å². The van der Waals surface area contributed by atoms with E-state index in [1.54, 1.807) is 0 Å². The second kappa shape index (κ2) is 16.6. The van der Waals surface area contributed by atoms with E-state index in [1.807, 2.05) is 0 Å². The molecule has 0 fully saturated rings. The van der Waals surface area contributed by atoms with Gasteiger partial charge in [0.2, 0.25) is 0 Å². The van der Waals surface area contributed by atoms with E-state index < -0.39 is 0 Å². The highest BCUT2D eigenvalue weighted by atomic mass is 14.2. The second-order valence-electron chi connectivity index (χ2n) is 15.2. The van der Waals surface area contributed by atoms with E-state index in [9.17, 15) is 0 Å². The van der Waals surface area contributed by atoms with Crippen molar-refractivity contribution in [2.45, 2.75) is 0 Å². The molecule has 10 aromatic carbocycles. The number of hydrogen-bond donors (Lipinski definition) is 0. The zero-order valence-electron chi connectivity index (χ0n) is 33.2. The van der Waals surface area contributed by atoms with Crippen molar-refractivity contribution in [2.24, 2.45) is 0 Å². The van der Waals surface area contributed by atoms with Crippen LogP contribution in [-0.4, -0.2) is 0 Å². The number of rotatable bonds is 9. The fraction of sp³-hybridized carbons (Fsp3) is 0. The molecule has 0 heteroatoms. The Morgan fingerprint density at radius 2 is 0.550 bits per heavy atom. The number of benzene rings is 10. The van der Waals surface area contributed by atoms with E-state index in [1.165, 1.54) is 88.3 Å². The molecule has 10 rings (SSSR count). The van der Waals surface area contributed by atoms with Gasteiger partial charge in [-0.15, -0.1) is 0 Å².